The van der Waals surface area contributed by atoms with Crippen molar-refractivity contribution in [2.45, 2.75) is 13.0 Å². The average molecular weight is 293 g/mol. The van der Waals surface area contributed by atoms with Gasteiger partial charge < -0.3 is 5.11 Å². The van der Waals surface area contributed by atoms with Crippen molar-refractivity contribution in [3.05, 3.63) is 71.9 Å². The average Bonchev–Trinajstić information content (AvgIpc) is 2.91. The fraction of sp³-hybridized carbons (Fsp3) is 0.118. The number of aromatic nitrogens is 3. The molecule has 0 aliphatic rings. The van der Waals surface area contributed by atoms with Crippen molar-refractivity contribution >= 4 is 5.97 Å². The molecule has 3 rings (SSSR count). The summed E-state index contributed by atoms with van der Waals surface area (Å²) in [5.74, 6) is -0.913. The van der Waals surface area contributed by atoms with Crippen LogP contribution in [-0.4, -0.2) is 26.1 Å². The molecule has 0 fully saturated rings. The molecule has 0 saturated heterocycles. The van der Waals surface area contributed by atoms with Gasteiger partial charge in [0.05, 0.1) is 18.7 Å². The number of carbonyl (C=O) groups is 1. The van der Waals surface area contributed by atoms with Gasteiger partial charge in [-0.1, -0.05) is 65.9 Å². The van der Waals surface area contributed by atoms with Crippen LogP contribution in [0.1, 0.15) is 11.3 Å². The van der Waals surface area contributed by atoms with Crippen LogP contribution in [0.3, 0.4) is 0 Å². The van der Waals surface area contributed by atoms with Crippen molar-refractivity contribution in [2.75, 3.05) is 0 Å². The molecule has 0 radical (unpaired) electrons. The third-order valence-corrected chi connectivity index (χ3v) is 3.35. The molecule has 2 aromatic carbocycles. The van der Waals surface area contributed by atoms with Gasteiger partial charge in [0.15, 0.2) is 0 Å². The molecule has 0 aliphatic heterocycles. The molecule has 110 valence electrons. The molecule has 5 nitrogen and oxygen atoms in total. The highest BCUT2D eigenvalue weighted by atomic mass is 16.4. The van der Waals surface area contributed by atoms with Crippen LogP contribution in [0, 0.1) is 0 Å². The zero-order chi connectivity index (χ0) is 15.4. The molecule has 0 bridgehead atoms. The topological polar surface area (TPSA) is 68.0 Å². The maximum absolute atomic E-state index is 11.0. The Morgan fingerprint density at radius 3 is 2.27 bits per heavy atom. The van der Waals surface area contributed by atoms with Crippen LogP contribution < -0.4 is 0 Å². The summed E-state index contributed by atoms with van der Waals surface area (Å²) in [7, 11) is 0. The molecule has 0 spiro atoms. The van der Waals surface area contributed by atoms with Crippen molar-refractivity contribution in [1.82, 2.24) is 15.0 Å². The predicted molar refractivity (Wildman–Crippen MR) is 82.3 cm³/mol. The molecule has 0 amide bonds. The van der Waals surface area contributed by atoms with Gasteiger partial charge in [0.25, 0.3) is 0 Å². The molecule has 22 heavy (non-hydrogen) atoms. The quantitative estimate of drug-likeness (QED) is 0.785. The summed E-state index contributed by atoms with van der Waals surface area (Å²) >= 11 is 0. The number of rotatable bonds is 5. The number of hydrogen-bond donors (Lipinski definition) is 1. The highest BCUT2D eigenvalue weighted by molar-refractivity contribution is 5.73. The lowest BCUT2D eigenvalue weighted by Gasteiger charge is -2.08. The number of carboxylic acids is 1. The van der Waals surface area contributed by atoms with Crippen LogP contribution >= 0.6 is 0 Å². The summed E-state index contributed by atoms with van der Waals surface area (Å²) in [6.45, 7) is 0.553. The molecule has 0 saturated carbocycles. The van der Waals surface area contributed by atoms with Gasteiger partial charge in [-0.3, -0.25) is 4.79 Å². The molecule has 0 atom stereocenters. The smallest absolute Gasteiger partial charge is 0.309 e. The van der Waals surface area contributed by atoms with Gasteiger partial charge in [-0.2, -0.15) is 0 Å². The van der Waals surface area contributed by atoms with Crippen molar-refractivity contribution in [3.63, 3.8) is 0 Å². The predicted octanol–water partition coefficient (Wildman–Crippen LogP) is 2.62. The Balaban J connectivity index is 2.03. The van der Waals surface area contributed by atoms with Crippen molar-refractivity contribution in [1.29, 1.82) is 0 Å². The van der Waals surface area contributed by atoms with Crippen molar-refractivity contribution in [2.24, 2.45) is 0 Å². The lowest BCUT2D eigenvalue weighted by atomic mass is 10.1. The summed E-state index contributed by atoms with van der Waals surface area (Å²) in [6.07, 6.45) is -0.140. The number of hydrogen-bond acceptors (Lipinski definition) is 3. The first-order valence-corrected chi connectivity index (χ1v) is 6.97. The molecular formula is C17H15N3O2. The monoisotopic (exact) mass is 293 g/mol. The molecular weight excluding hydrogens is 278 g/mol. The van der Waals surface area contributed by atoms with E-state index in [1.807, 2.05) is 60.7 Å². The Bertz CT molecular complexity index is 767. The van der Waals surface area contributed by atoms with Crippen LogP contribution in [-0.2, 0) is 17.8 Å². The van der Waals surface area contributed by atoms with Gasteiger partial charge in [0, 0.05) is 5.56 Å². The van der Waals surface area contributed by atoms with Gasteiger partial charge in [-0.25, -0.2) is 4.68 Å². The zero-order valence-electron chi connectivity index (χ0n) is 11.9. The minimum Gasteiger partial charge on any atom is -0.481 e. The van der Waals surface area contributed by atoms with Crippen LogP contribution in [0.2, 0.25) is 0 Å². The first kappa shape index (κ1) is 14.0. The summed E-state index contributed by atoms with van der Waals surface area (Å²) in [6, 6.07) is 19.5. The van der Waals surface area contributed by atoms with Gasteiger partial charge in [-0.05, 0) is 5.56 Å². The van der Waals surface area contributed by atoms with Crippen LogP contribution in [0.15, 0.2) is 60.7 Å². The lowest BCUT2D eigenvalue weighted by molar-refractivity contribution is -0.136. The zero-order valence-corrected chi connectivity index (χ0v) is 11.9. The number of benzene rings is 2. The van der Waals surface area contributed by atoms with E-state index in [0.717, 1.165) is 16.8 Å². The van der Waals surface area contributed by atoms with Gasteiger partial charge >= 0.3 is 5.97 Å². The normalized spacial score (nSPS) is 10.5. The first-order chi connectivity index (χ1) is 10.7. The summed E-state index contributed by atoms with van der Waals surface area (Å²) in [4.78, 5) is 11.0. The minimum absolute atomic E-state index is 0.140. The third kappa shape index (κ3) is 3.03. The summed E-state index contributed by atoms with van der Waals surface area (Å²) in [5.41, 5.74) is 3.24. The van der Waals surface area contributed by atoms with Crippen LogP contribution in [0.5, 0.6) is 0 Å². The molecule has 0 unspecified atom stereocenters. The van der Waals surface area contributed by atoms with E-state index >= 15 is 0 Å². The largest absolute Gasteiger partial charge is 0.481 e. The Hall–Kier alpha value is -2.95. The van der Waals surface area contributed by atoms with Crippen molar-refractivity contribution in [3.8, 4) is 11.3 Å². The Morgan fingerprint density at radius 1 is 1.00 bits per heavy atom. The number of aliphatic carboxylic acids is 1. The molecule has 1 heterocycles. The number of nitrogens with zero attached hydrogens (tertiary/aromatic N) is 3. The molecule has 0 aliphatic carbocycles. The second-order valence-electron chi connectivity index (χ2n) is 4.96. The van der Waals surface area contributed by atoms with E-state index in [-0.39, 0.29) is 6.42 Å². The Labute approximate surface area is 127 Å². The SMILES string of the molecule is O=C(O)Cc1nnn(Cc2ccccc2)c1-c1ccccc1. The standard InChI is InChI=1S/C17H15N3O2/c21-16(22)11-15-17(14-9-5-2-6-10-14)20(19-18-15)12-13-7-3-1-4-8-13/h1-10H,11-12H2,(H,21,22). The van der Waals surface area contributed by atoms with E-state index in [1.165, 1.54) is 0 Å². The molecule has 5 heteroatoms. The summed E-state index contributed by atoms with van der Waals surface area (Å²) < 4.78 is 1.75. The fourth-order valence-corrected chi connectivity index (χ4v) is 2.39. The maximum atomic E-state index is 11.0. The van der Waals surface area contributed by atoms with Gasteiger partial charge in [-0.15, -0.1) is 5.10 Å². The Kier molecular flexibility index (Phi) is 3.96. The van der Waals surface area contributed by atoms with E-state index in [9.17, 15) is 4.79 Å². The molecule has 1 aromatic heterocycles. The second-order valence-corrected chi connectivity index (χ2v) is 4.96. The maximum Gasteiger partial charge on any atom is 0.309 e. The lowest BCUT2D eigenvalue weighted by Crippen LogP contribution is -2.06. The highest BCUT2D eigenvalue weighted by Crippen LogP contribution is 2.23. The van der Waals surface area contributed by atoms with Crippen LogP contribution in [0.25, 0.3) is 11.3 Å². The van der Waals surface area contributed by atoms with E-state index < -0.39 is 5.97 Å². The van der Waals surface area contributed by atoms with Crippen molar-refractivity contribution < 1.29 is 9.90 Å². The van der Waals surface area contributed by atoms with Gasteiger partial charge in [0.2, 0.25) is 0 Å². The molecule has 1 N–H and O–H groups in total. The first-order valence-electron chi connectivity index (χ1n) is 6.97. The van der Waals surface area contributed by atoms with E-state index in [0.29, 0.717) is 12.2 Å². The third-order valence-electron chi connectivity index (χ3n) is 3.35. The van der Waals surface area contributed by atoms with E-state index in [2.05, 4.69) is 10.3 Å². The number of carboxylic acid groups (broad SMARTS) is 1. The van der Waals surface area contributed by atoms with Gasteiger partial charge in [0.1, 0.15) is 5.69 Å². The van der Waals surface area contributed by atoms with E-state index in [4.69, 9.17) is 5.11 Å². The minimum atomic E-state index is -0.913. The van der Waals surface area contributed by atoms with Crippen LogP contribution in [0.4, 0.5) is 0 Å². The highest BCUT2D eigenvalue weighted by Gasteiger charge is 2.17. The molecule has 3 aromatic rings. The van der Waals surface area contributed by atoms with E-state index in [1.54, 1.807) is 4.68 Å². The fourth-order valence-electron chi connectivity index (χ4n) is 2.39. The summed E-state index contributed by atoms with van der Waals surface area (Å²) in [5, 5.41) is 17.3. The Morgan fingerprint density at radius 2 is 1.64 bits per heavy atom. The second kappa shape index (κ2) is 6.22.